The van der Waals surface area contributed by atoms with Crippen molar-refractivity contribution in [3.05, 3.63) is 0 Å². The van der Waals surface area contributed by atoms with Gasteiger partial charge in [-0.2, -0.15) is 0 Å². The van der Waals surface area contributed by atoms with E-state index in [-0.39, 0.29) is 0 Å². The molecule has 2 unspecified atom stereocenters. The highest BCUT2D eigenvalue weighted by Crippen LogP contribution is 2.30. The van der Waals surface area contributed by atoms with Crippen molar-refractivity contribution in [2.24, 2.45) is 16.8 Å². The van der Waals surface area contributed by atoms with E-state index in [0.717, 1.165) is 30.9 Å². The van der Waals surface area contributed by atoms with Crippen molar-refractivity contribution in [1.82, 2.24) is 10.6 Å². The molecule has 0 aliphatic heterocycles. The summed E-state index contributed by atoms with van der Waals surface area (Å²) in [7, 11) is 1.83. The third-order valence-electron chi connectivity index (χ3n) is 3.46. The molecule has 0 spiro atoms. The quantitative estimate of drug-likeness (QED) is 0.569. The highest BCUT2D eigenvalue weighted by molar-refractivity contribution is 5.79. The molecule has 0 aromatic heterocycles. The molecule has 2 N–H and O–H groups in total. The lowest BCUT2D eigenvalue weighted by Gasteiger charge is -2.26. The lowest BCUT2D eigenvalue weighted by Crippen LogP contribution is -2.38. The smallest absolute Gasteiger partial charge is 0.190 e. The second-order valence-corrected chi connectivity index (χ2v) is 4.96. The normalized spacial score (nSPS) is 26.6. The van der Waals surface area contributed by atoms with E-state index >= 15 is 0 Å². The van der Waals surface area contributed by atoms with Crippen LogP contribution in [0.1, 0.15) is 46.0 Å². The Bertz CT molecular complexity index is 213. The van der Waals surface area contributed by atoms with Crippen LogP contribution in [0.2, 0.25) is 0 Å². The summed E-state index contributed by atoms with van der Waals surface area (Å²) in [4.78, 5) is 4.17. The standard InChI is InChI=1S/C13H27N3/c1-4-15-13(14-3)16-9-8-12-7-5-6-11(2)10-12/h11-12H,4-10H2,1-3H3,(H2,14,15,16). The van der Waals surface area contributed by atoms with Crippen molar-refractivity contribution in [3.63, 3.8) is 0 Å². The average Bonchev–Trinajstić information content (AvgIpc) is 2.28. The molecule has 16 heavy (non-hydrogen) atoms. The van der Waals surface area contributed by atoms with Crippen LogP contribution < -0.4 is 10.6 Å². The van der Waals surface area contributed by atoms with Crippen molar-refractivity contribution in [2.45, 2.75) is 46.0 Å². The van der Waals surface area contributed by atoms with Gasteiger partial charge in [0.2, 0.25) is 0 Å². The zero-order valence-electron chi connectivity index (χ0n) is 11.1. The van der Waals surface area contributed by atoms with Crippen LogP contribution in [0, 0.1) is 11.8 Å². The van der Waals surface area contributed by atoms with Gasteiger partial charge in [0.1, 0.15) is 0 Å². The van der Waals surface area contributed by atoms with E-state index in [9.17, 15) is 0 Å². The molecule has 1 aliphatic carbocycles. The van der Waals surface area contributed by atoms with Crippen LogP contribution in [-0.4, -0.2) is 26.1 Å². The number of guanidine groups is 1. The molecule has 0 aromatic carbocycles. The SMILES string of the molecule is CCNC(=NC)NCCC1CCCC(C)C1. The summed E-state index contributed by atoms with van der Waals surface area (Å²) in [5.74, 6) is 2.80. The van der Waals surface area contributed by atoms with Gasteiger partial charge in [0.25, 0.3) is 0 Å². The van der Waals surface area contributed by atoms with Crippen LogP contribution in [0.3, 0.4) is 0 Å². The molecule has 3 heteroatoms. The molecule has 1 rings (SSSR count). The number of rotatable bonds is 4. The summed E-state index contributed by atoms with van der Waals surface area (Å²) in [6.07, 6.45) is 6.98. The number of nitrogens with zero attached hydrogens (tertiary/aromatic N) is 1. The second-order valence-electron chi connectivity index (χ2n) is 4.96. The summed E-state index contributed by atoms with van der Waals surface area (Å²) >= 11 is 0. The molecule has 0 aromatic rings. The minimum Gasteiger partial charge on any atom is -0.357 e. The molecule has 0 amide bonds. The highest BCUT2D eigenvalue weighted by atomic mass is 15.2. The largest absolute Gasteiger partial charge is 0.357 e. The summed E-state index contributed by atoms with van der Waals surface area (Å²) in [6.45, 7) is 6.46. The van der Waals surface area contributed by atoms with Gasteiger partial charge in [0, 0.05) is 20.1 Å². The lowest BCUT2D eigenvalue weighted by atomic mass is 9.81. The van der Waals surface area contributed by atoms with Gasteiger partial charge in [-0.25, -0.2) is 0 Å². The first kappa shape index (κ1) is 13.3. The van der Waals surface area contributed by atoms with E-state index in [1.165, 1.54) is 32.1 Å². The Morgan fingerprint density at radius 3 is 2.75 bits per heavy atom. The minimum absolute atomic E-state index is 0.927. The Labute approximate surface area is 100 Å². The fourth-order valence-electron chi connectivity index (χ4n) is 2.60. The molecule has 1 fully saturated rings. The minimum atomic E-state index is 0.927. The molecule has 2 atom stereocenters. The van der Waals surface area contributed by atoms with E-state index in [4.69, 9.17) is 0 Å². The average molecular weight is 225 g/mol. The number of hydrogen-bond acceptors (Lipinski definition) is 1. The third kappa shape index (κ3) is 4.86. The maximum atomic E-state index is 4.17. The van der Waals surface area contributed by atoms with E-state index in [1.807, 2.05) is 7.05 Å². The summed E-state index contributed by atoms with van der Waals surface area (Å²) < 4.78 is 0. The predicted molar refractivity (Wildman–Crippen MR) is 70.8 cm³/mol. The predicted octanol–water partition coefficient (Wildman–Crippen LogP) is 2.39. The first-order valence-corrected chi connectivity index (χ1v) is 6.70. The van der Waals surface area contributed by atoms with Gasteiger partial charge in [-0.1, -0.05) is 26.2 Å². The zero-order valence-corrected chi connectivity index (χ0v) is 11.1. The van der Waals surface area contributed by atoms with Crippen LogP contribution >= 0.6 is 0 Å². The Hall–Kier alpha value is -0.730. The monoisotopic (exact) mass is 225 g/mol. The zero-order chi connectivity index (χ0) is 11.8. The molecule has 94 valence electrons. The number of nitrogens with one attached hydrogen (secondary N) is 2. The number of hydrogen-bond donors (Lipinski definition) is 2. The van der Waals surface area contributed by atoms with Gasteiger partial charge in [-0.05, 0) is 31.6 Å². The molecular formula is C13H27N3. The Morgan fingerprint density at radius 1 is 1.31 bits per heavy atom. The van der Waals surface area contributed by atoms with Gasteiger partial charge in [-0.15, -0.1) is 0 Å². The summed E-state index contributed by atoms with van der Waals surface area (Å²) in [5.41, 5.74) is 0. The van der Waals surface area contributed by atoms with Crippen molar-refractivity contribution in [2.75, 3.05) is 20.1 Å². The molecular weight excluding hydrogens is 198 g/mol. The molecule has 0 saturated heterocycles. The first-order valence-electron chi connectivity index (χ1n) is 6.70. The second kappa shape index (κ2) is 7.53. The third-order valence-corrected chi connectivity index (χ3v) is 3.46. The molecule has 3 nitrogen and oxygen atoms in total. The highest BCUT2D eigenvalue weighted by Gasteiger charge is 2.18. The molecule has 0 radical (unpaired) electrons. The summed E-state index contributed by atoms with van der Waals surface area (Å²) in [5, 5.41) is 6.59. The van der Waals surface area contributed by atoms with Gasteiger partial charge in [0.15, 0.2) is 5.96 Å². The van der Waals surface area contributed by atoms with E-state index in [0.29, 0.717) is 0 Å². The van der Waals surface area contributed by atoms with Crippen LogP contribution in [0.25, 0.3) is 0 Å². The first-order chi connectivity index (χ1) is 7.76. The summed E-state index contributed by atoms with van der Waals surface area (Å²) in [6, 6.07) is 0. The molecule has 0 heterocycles. The van der Waals surface area contributed by atoms with E-state index < -0.39 is 0 Å². The van der Waals surface area contributed by atoms with Crippen molar-refractivity contribution in [3.8, 4) is 0 Å². The lowest BCUT2D eigenvalue weighted by molar-refractivity contribution is 0.270. The van der Waals surface area contributed by atoms with Crippen LogP contribution in [0.5, 0.6) is 0 Å². The van der Waals surface area contributed by atoms with Crippen molar-refractivity contribution < 1.29 is 0 Å². The van der Waals surface area contributed by atoms with Gasteiger partial charge in [0.05, 0.1) is 0 Å². The molecule has 0 bridgehead atoms. The van der Waals surface area contributed by atoms with Gasteiger partial charge >= 0.3 is 0 Å². The van der Waals surface area contributed by atoms with Crippen LogP contribution in [-0.2, 0) is 0 Å². The molecule has 1 aliphatic rings. The fourth-order valence-corrected chi connectivity index (χ4v) is 2.60. The fraction of sp³-hybridized carbons (Fsp3) is 0.923. The van der Waals surface area contributed by atoms with E-state index in [2.05, 4.69) is 29.5 Å². The van der Waals surface area contributed by atoms with Gasteiger partial charge in [-0.3, -0.25) is 4.99 Å². The van der Waals surface area contributed by atoms with Crippen LogP contribution in [0.4, 0.5) is 0 Å². The number of aliphatic imine (C=N–C) groups is 1. The Balaban J connectivity index is 2.14. The topological polar surface area (TPSA) is 36.4 Å². The van der Waals surface area contributed by atoms with Crippen molar-refractivity contribution in [1.29, 1.82) is 0 Å². The van der Waals surface area contributed by atoms with E-state index in [1.54, 1.807) is 0 Å². The van der Waals surface area contributed by atoms with Gasteiger partial charge < -0.3 is 10.6 Å². The van der Waals surface area contributed by atoms with Crippen molar-refractivity contribution >= 4 is 5.96 Å². The Kier molecular flexibility index (Phi) is 6.27. The maximum absolute atomic E-state index is 4.17. The molecule has 1 saturated carbocycles. The Morgan fingerprint density at radius 2 is 2.12 bits per heavy atom. The maximum Gasteiger partial charge on any atom is 0.190 e. The van der Waals surface area contributed by atoms with Crippen LogP contribution in [0.15, 0.2) is 4.99 Å².